The molecule has 0 bridgehead atoms. The van der Waals surface area contributed by atoms with Crippen molar-refractivity contribution in [2.75, 3.05) is 13.7 Å². The summed E-state index contributed by atoms with van der Waals surface area (Å²) in [4.78, 5) is 13.4. The molecule has 0 aromatic heterocycles. The van der Waals surface area contributed by atoms with Gasteiger partial charge in [-0.25, -0.2) is 0 Å². The van der Waals surface area contributed by atoms with E-state index >= 15 is 0 Å². The van der Waals surface area contributed by atoms with E-state index in [4.69, 9.17) is 4.74 Å². The van der Waals surface area contributed by atoms with Crippen LogP contribution in [0.25, 0.3) is 0 Å². The van der Waals surface area contributed by atoms with Gasteiger partial charge in [0.1, 0.15) is 12.5 Å². The number of rotatable bonds is 6. The molecule has 1 heterocycles. The van der Waals surface area contributed by atoms with Gasteiger partial charge in [0, 0.05) is 26.2 Å². The van der Waals surface area contributed by atoms with Gasteiger partial charge in [-0.2, -0.15) is 0 Å². The standard InChI is InChI=1S/C15H21NO3/c1-12-14(18)16(10-13-6-4-3-5-7-13)15(12,11-17)8-9-19-2/h3-7,11-12,14,18H,8-10H2,1-2H3/t12-,14?,15-/m0/s1. The molecule has 1 saturated heterocycles. The van der Waals surface area contributed by atoms with Gasteiger partial charge < -0.3 is 14.6 Å². The average molecular weight is 263 g/mol. The molecule has 1 aromatic carbocycles. The maximum absolute atomic E-state index is 11.6. The Morgan fingerprint density at radius 3 is 2.68 bits per heavy atom. The number of ether oxygens (including phenoxy) is 1. The largest absolute Gasteiger partial charge is 0.385 e. The van der Waals surface area contributed by atoms with Crippen molar-refractivity contribution in [3.8, 4) is 0 Å². The van der Waals surface area contributed by atoms with Gasteiger partial charge in [-0.3, -0.25) is 4.90 Å². The van der Waals surface area contributed by atoms with E-state index in [1.54, 1.807) is 7.11 Å². The number of carbonyl (C=O) groups is 1. The summed E-state index contributed by atoms with van der Waals surface area (Å²) in [6, 6.07) is 9.88. The normalized spacial score (nSPS) is 30.9. The van der Waals surface area contributed by atoms with Crippen LogP contribution in [0.1, 0.15) is 18.9 Å². The van der Waals surface area contributed by atoms with Crippen LogP contribution in [0.15, 0.2) is 30.3 Å². The van der Waals surface area contributed by atoms with Crippen LogP contribution >= 0.6 is 0 Å². The molecule has 3 atom stereocenters. The number of benzene rings is 1. The monoisotopic (exact) mass is 263 g/mol. The molecule has 1 aromatic rings. The topological polar surface area (TPSA) is 49.8 Å². The second-order valence-corrected chi connectivity index (χ2v) is 5.17. The lowest BCUT2D eigenvalue weighted by Gasteiger charge is -2.58. The Balaban J connectivity index is 2.15. The lowest BCUT2D eigenvalue weighted by atomic mass is 9.72. The highest BCUT2D eigenvalue weighted by molar-refractivity contribution is 5.67. The Hall–Kier alpha value is -1.23. The van der Waals surface area contributed by atoms with E-state index in [0.29, 0.717) is 19.6 Å². The molecule has 1 aliphatic heterocycles. The first kappa shape index (κ1) is 14.2. The van der Waals surface area contributed by atoms with Crippen molar-refractivity contribution in [1.82, 2.24) is 4.90 Å². The number of nitrogens with zero attached hydrogens (tertiary/aromatic N) is 1. The highest BCUT2D eigenvalue weighted by Gasteiger charge is 2.57. The van der Waals surface area contributed by atoms with Crippen LogP contribution in [0.2, 0.25) is 0 Å². The van der Waals surface area contributed by atoms with E-state index < -0.39 is 11.8 Å². The van der Waals surface area contributed by atoms with Crippen molar-refractivity contribution < 1.29 is 14.6 Å². The first-order valence-electron chi connectivity index (χ1n) is 6.59. The van der Waals surface area contributed by atoms with Gasteiger partial charge in [-0.05, 0) is 12.0 Å². The van der Waals surface area contributed by atoms with Crippen molar-refractivity contribution >= 4 is 6.29 Å². The highest BCUT2D eigenvalue weighted by Crippen LogP contribution is 2.43. The molecule has 1 N–H and O–H groups in total. The van der Waals surface area contributed by atoms with Crippen LogP contribution in [-0.4, -0.2) is 41.8 Å². The van der Waals surface area contributed by atoms with Crippen LogP contribution in [0.3, 0.4) is 0 Å². The van der Waals surface area contributed by atoms with Crippen LogP contribution in [0.5, 0.6) is 0 Å². The number of carbonyl (C=O) groups excluding carboxylic acids is 1. The first-order valence-corrected chi connectivity index (χ1v) is 6.59. The molecule has 1 fully saturated rings. The van der Waals surface area contributed by atoms with Crippen LogP contribution in [0.4, 0.5) is 0 Å². The van der Waals surface area contributed by atoms with E-state index in [2.05, 4.69) is 0 Å². The Morgan fingerprint density at radius 1 is 1.42 bits per heavy atom. The van der Waals surface area contributed by atoms with E-state index in [1.165, 1.54) is 0 Å². The molecule has 4 heteroatoms. The Bertz CT molecular complexity index is 423. The summed E-state index contributed by atoms with van der Waals surface area (Å²) < 4.78 is 5.09. The molecule has 19 heavy (non-hydrogen) atoms. The van der Waals surface area contributed by atoms with Gasteiger partial charge in [0.25, 0.3) is 0 Å². The first-order chi connectivity index (χ1) is 9.15. The molecule has 2 rings (SSSR count). The van der Waals surface area contributed by atoms with Gasteiger partial charge in [0.15, 0.2) is 0 Å². The predicted molar refractivity (Wildman–Crippen MR) is 72.4 cm³/mol. The zero-order valence-electron chi connectivity index (χ0n) is 11.5. The van der Waals surface area contributed by atoms with E-state index in [1.807, 2.05) is 42.2 Å². The number of hydrogen-bond acceptors (Lipinski definition) is 4. The minimum atomic E-state index is -0.606. The summed E-state index contributed by atoms with van der Waals surface area (Å²) in [5, 5.41) is 10.1. The molecule has 0 aliphatic carbocycles. The van der Waals surface area contributed by atoms with E-state index in [-0.39, 0.29) is 5.92 Å². The second kappa shape index (κ2) is 5.82. The molecular formula is C15H21NO3. The fourth-order valence-corrected chi connectivity index (χ4v) is 2.85. The van der Waals surface area contributed by atoms with Crippen LogP contribution in [0, 0.1) is 5.92 Å². The fourth-order valence-electron chi connectivity index (χ4n) is 2.85. The molecular weight excluding hydrogens is 242 g/mol. The van der Waals surface area contributed by atoms with Crippen molar-refractivity contribution in [3.05, 3.63) is 35.9 Å². The molecule has 104 valence electrons. The third-order valence-corrected chi connectivity index (χ3v) is 4.20. The number of aliphatic hydroxyl groups excluding tert-OH is 1. The van der Waals surface area contributed by atoms with Crippen molar-refractivity contribution in [2.45, 2.75) is 31.7 Å². The third kappa shape index (κ3) is 2.43. The summed E-state index contributed by atoms with van der Waals surface area (Å²) >= 11 is 0. The Morgan fingerprint density at radius 2 is 2.11 bits per heavy atom. The van der Waals surface area contributed by atoms with Gasteiger partial charge >= 0.3 is 0 Å². The SMILES string of the molecule is COCC[C@]1(C=O)[C@@H](C)C(O)N1Cc1ccccc1. The minimum absolute atomic E-state index is 0.0659. The van der Waals surface area contributed by atoms with E-state index in [0.717, 1.165) is 11.8 Å². The summed E-state index contributed by atoms with van der Waals surface area (Å²) in [5.41, 5.74) is 0.489. The Labute approximate surface area is 114 Å². The van der Waals surface area contributed by atoms with Crippen molar-refractivity contribution in [1.29, 1.82) is 0 Å². The molecule has 0 saturated carbocycles. The van der Waals surface area contributed by atoms with Gasteiger partial charge in [0.05, 0.1) is 5.54 Å². The van der Waals surface area contributed by atoms with Gasteiger partial charge in [-0.1, -0.05) is 37.3 Å². The van der Waals surface area contributed by atoms with E-state index in [9.17, 15) is 9.90 Å². The molecule has 1 unspecified atom stereocenters. The summed E-state index contributed by atoms with van der Waals surface area (Å²) in [5.74, 6) is -0.0659. The molecule has 0 radical (unpaired) electrons. The van der Waals surface area contributed by atoms with Crippen molar-refractivity contribution in [3.63, 3.8) is 0 Å². The fraction of sp³-hybridized carbons (Fsp3) is 0.533. The third-order valence-electron chi connectivity index (χ3n) is 4.20. The lowest BCUT2D eigenvalue weighted by Crippen LogP contribution is -2.73. The number of methoxy groups -OCH3 is 1. The predicted octanol–water partition coefficient (Wildman–Crippen LogP) is 1.43. The van der Waals surface area contributed by atoms with Gasteiger partial charge in [0.2, 0.25) is 0 Å². The maximum atomic E-state index is 11.6. The number of aldehydes is 1. The maximum Gasteiger partial charge on any atom is 0.140 e. The highest BCUT2D eigenvalue weighted by atomic mass is 16.5. The summed E-state index contributed by atoms with van der Waals surface area (Å²) in [6.45, 7) is 3.01. The average Bonchev–Trinajstić information content (AvgIpc) is 2.47. The summed E-state index contributed by atoms with van der Waals surface area (Å²) in [7, 11) is 1.62. The van der Waals surface area contributed by atoms with Gasteiger partial charge in [-0.15, -0.1) is 0 Å². The number of likely N-dealkylation sites (tertiary alicyclic amines) is 1. The Kier molecular flexibility index (Phi) is 4.34. The minimum Gasteiger partial charge on any atom is -0.385 e. The lowest BCUT2D eigenvalue weighted by molar-refractivity contribution is -0.224. The van der Waals surface area contributed by atoms with Crippen molar-refractivity contribution in [2.24, 2.45) is 5.92 Å². The number of hydrogen-bond donors (Lipinski definition) is 1. The quantitative estimate of drug-likeness (QED) is 0.789. The number of aliphatic hydroxyl groups is 1. The zero-order valence-corrected chi connectivity index (χ0v) is 11.5. The smallest absolute Gasteiger partial charge is 0.140 e. The summed E-state index contributed by atoms with van der Waals surface area (Å²) in [6.07, 6.45) is 1.01. The molecule has 0 spiro atoms. The molecule has 0 amide bonds. The molecule has 4 nitrogen and oxygen atoms in total. The molecule has 1 aliphatic rings. The van der Waals surface area contributed by atoms with Crippen LogP contribution < -0.4 is 0 Å². The van der Waals surface area contributed by atoms with Crippen LogP contribution in [-0.2, 0) is 16.1 Å². The second-order valence-electron chi connectivity index (χ2n) is 5.17. The zero-order chi connectivity index (χ0) is 13.9.